The second-order valence-corrected chi connectivity index (χ2v) is 6.56. The lowest BCUT2D eigenvalue weighted by atomic mass is 10.0. The lowest BCUT2D eigenvalue weighted by Gasteiger charge is -2.09. The van der Waals surface area contributed by atoms with E-state index in [-0.39, 0.29) is 5.91 Å². The molecule has 0 aliphatic carbocycles. The van der Waals surface area contributed by atoms with Crippen LogP contribution in [0.15, 0.2) is 60.2 Å². The molecule has 1 N–H and O–H groups in total. The van der Waals surface area contributed by atoms with Crippen LogP contribution in [0.3, 0.4) is 0 Å². The minimum Gasteiger partial charge on any atom is -0.494 e. The molecule has 142 valence electrons. The summed E-state index contributed by atoms with van der Waals surface area (Å²) in [5.74, 6) is 0.745. The fraction of sp³-hybridized carbons (Fsp3) is 0.292. The molecule has 2 aromatic rings. The van der Waals surface area contributed by atoms with Gasteiger partial charge in [-0.25, -0.2) is 0 Å². The average molecular weight is 364 g/mol. The summed E-state index contributed by atoms with van der Waals surface area (Å²) in [6, 6.07) is 13.6. The van der Waals surface area contributed by atoms with E-state index in [0.29, 0.717) is 18.7 Å². The van der Waals surface area contributed by atoms with E-state index in [1.54, 1.807) is 0 Å². The third kappa shape index (κ3) is 6.45. The van der Waals surface area contributed by atoms with Gasteiger partial charge in [-0.15, -0.1) is 0 Å². The van der Waals surface area contributed by atoms with Crippen LogP contribution < -0.4 is 10.1 Å². The van der Waals surface area contributed by atoms with Gasteiger partial charge in [-0.3, -0.25) is 4.79 Å². The van der Waals surface area contributed by atoms with Gasteiger partial charge in [0.25, 0.3) is 5.91 Å². The van der Waals surface area contributed by atoms with Crippen molar-refractivity contribution in [2.24, 2.45) is 0 Å². The smallest absolute Gasteiger partial charge is 0.251 e. The molecule has 27 heavy (non-hydrogen) atoms. The highest BCUT2D eigenvalue weighted by molar-refractivity contribution is 5.94. The molecular weight excluding hydrogens is 334 g/mol. The largest absolute Gasteiger partial charge is 0.494 e. The Morgan fingerprint density at radius 3 is 2.70 bits per heavy atom. The Bertz CT molecular complexity index is 834. The molecule has 2 rings (SSSR count). The quantitative estimate of drug-likeness (QED) is 0.612. The molecule has 0 heterocycles. The molecule has 0 spiro atoms. The Morgan fingerprint density at radius 2 is 1.96 bits per heavy atom. The number of aryl methyl sites for hydroxylation is 1. The van der Waals surface area contributed by atoms with Crippen molar-refractivity contribution in [3.8, 4) is 5.75 Å². The van der Waals surface area contributed by atoms with Crippen molar-refractivity contribution in [1.82, 2.24) is 5.32 Å². The van der Waals surface area contributed by atoms with E-state index in [2.05, 4.69) is 38.2 Å². The Kier molecular flexibility index (Phi) is 7.87. The zero-order valence-corrected chi connectivity index (χ0v) is 16.7. The molecule has 0 aromatic heterocycles. The number of ether oxygens (including phenoxy) is 1. The van der Waals surface area contributed by atoms with Crippen molar-refractivity contribution < 1.29 is 9.53 Å². The van der Waals surface area contributed by atoms with Gasteiger partial charge in [0.15, 0.2) is 0 Å². The molecule has 0 aliphatic rings. The fourth-order valence-corrected chi connectivity index (χ4v) is 2.59. The molecule has 0 saturated carbocycles. The molecule has 1 amide bonds. The number of nitrogens with one attached hydrogen (secondary N) is 1. The second-order valence-electron chi connectivity index (χ2n) is 6.56. The van der Waals surface area contributed by atoms with Gasteiger partial charge in [0.05, 0.1) is 6.61 Å². The Hall–Kier alpha value is -2.81. The Morgan fingerprint density at radius 1 is 1.15 bits per heavy atom. The number of rotatable bonds is 8. The molecule has 0 atom stereocenters. The van der Waals surface area contributed by atoms with E-state index < -0.39 is 0 Å². The highest BCUT2D eigenvalue weighted by Crippen LogP contribution is 2.15. The third-order valence-electron chi connectivity index (χ3n) is 4.42. The van der Waals surface area contributed by atoms with Crippen LogP contribution in [0.2, 0.25) is 0 Å². The van der Waals surface area contributed by atoms with E-state index in [0.717, 1.165) is 28.9 Å². The van der Waals surface area contributed by atoms with Crippen LogP contribution in [-0.2, 0) is 6.54 Å². The normalized spacial score (nSPS) is 11.6. The van der Waals surface area contributed by atoms with Crippen molar-refractivity contribution >= 4 is 12.0 Å². The Labute approximate surface area is 162 Å². The van der Waals surface area contributed by atoms with E-state index >= 15 is 0 Å². The predicted octanol–water partition coefficient (Wildman–Crippen LogP) is 5.69. The van der Waals surface area contributed by atoms with Gasteiger partial charge in [0.1, 0.15) is 5.75 Å². The SMILES string of the molecule is CCOc1cccc(CNC(=O)c2ccc(C)c(/C=C\C=C(/C)CC)c2)c1. The molecule has 0 fully saturated rings. The van der Waals surface area contributed by atoms with Gasteiger partial charge < -0.3 is 10.1 Å². The molecule has 3 heteroatoms. The maximum absolute atomic E-state index is 12.5. The zero-order chi connectivity index (χ0) is 19.6. The summed E-state index contributed by atoms with van der Waals surface area (Å²) in [5.41, 5.74) is 5.21. The maximum Gasteiger partial charge on any atom is 0.251 e. The molecule has 0 unspecified atom stereocenters. The van der Waals surface area contributed by atoms with Crippen LogP contribution in [-0.4, -0.2) is 12.5 Å². The standard InChI is InChI=1S/C24H29NO2/c1-5-18(3)9-7-11-21-16-22(14-13-19(21)4)24(26)25-17-20-10-8-12-23(15-20)27-6-2/h7-16H,5-6,17H2,1-4H3,(H,25,26)/b11-7-,18-9+. The number of hydrogen-bond donors (Lipinski definition) is 1. The van der Waals surface area contributed by atoms with E-state index in [1.807, 2.05) is 55.5 Å². The number of amides is 1. The number of carbonyl (C=O) groups is 1. The highest BCUT2D eigenvalue weighted by Gasteiger charge is 2.07. The van der Waals surface area contributed by atoms with Gasteiger partial charge in [0.2, 0.25) is 0 Å². The molecule has 2 aromatic carbocycles. The first-order chi connectivity index (χ1) is 13.0. The van der Waals surface area contributed by atoms with Crippen molar-refractivity contribution in [3.05, 3.63) is 82.4 Å². The zero-order valence-electron chi connectivity index (χ0n) is 16.7. The highest BCUT2D eigenvalue weighted by atomic mass is 16.5. The van der Waals surface area contributed by atoms with E-state index in [9.17, 15) is 4.79 Å². The van der Waals surface area contributed by atoms with Gasteiger partial charge >= 0.3 is 0 Å². The van der Waals surface area contributed by atoms with Crippen molar-refractivity contribution in [2.75, 3.05) is 6.61 Å². The van der Waals surface area contributed by atoms with E-state index in [1.165, 1.54) is 5.57 Å². The summed E-state index contributed by atoms with van der Waals surface area (Å²) in [6.45, 7) is 9.36. The minimum absolute atomic E-state index is 0.0771. The van der Waals surface area contributed by atoms with Crippen LogP contribution >= 0.6 is 0 Å². The monoisotopic (exact) mass is 363 g/mol. The van der Waals surface area contributed by atoms with Crippen LogP contribution in [0.25, 0.3) is 6.08 Å². The summed E-state index contributed by atoms with van der Waals surface area (Å²) in [5, 5.41) is 2.98. The fourth-order valence-electron chi connectivity index (χ4n) is 2.59. The number of hydrogen-bond acceptors (Lipinski definition) is 2. The lowest BCUT2D eigenvalue weighted by molar-refractivity contribution is 0.0951. The van der Waals surface area contributed by atoms with Crippen molar-refractivity contribution in [1.29, 1.82) is 0 Å². The topological polar surface area (TPSA) is 38.3 Å². The molecule has 3 nitrogen and oxygen atoms in total. The molecular formula is C24H29NO2. The minimum atomic E-state index is -0.0771. The first-order valence-electron chi connectivity index (χ1n) is 9.48. The summed E-state index contributed by atoms with van der Waals surface area (Å²) < 4.78 is 5.50. The Balaban J connectivity index is 2.06. The number of allylic oxidation sites excluding steroid dienone is 3. The molecule has 0 aliphatic heterocycles. The molecule has 0 radical (unpaired) electrons. The molecule has 0 saturated heterocycles. The van der Waals surface area contributed by atoms with Crippen LogP contribution in [0.1, 0.15) is 54.2 Å². The first kappa shape index (κ1) is 20.5. The predicted molar refractivity (Wildman–Crippen MR) is 113 cm³/mol. The van der Waals surface area contributed by atoms with Crippen molar-refractivity contribution in [3.63, 3.8) is 0 Å². The van der Waals surface area contributed by atoms with Crippen molar-refractivity contribution in [2.45, 2.75) is 40.7 Å². The number of benzene rings is 2. The maximum atomic E-state index is 12.5. The van der Waals surface area contributed by atoms with Crippen LogP contribution in [0, 0.1) is 6.92 Å². The number of carbonyl (C=O) groups excluding carboxylic acids is 1. The summed E-state index contributed by atoms with van der Waals surface area (Å²) in [4.78, 5) is 12.5. The lowest BCUT2D eigenvalue weighted by Crippen LogP contribution is -2.22. The van der Waals surface area contributed by atoms with Gasteiger partial charge in [-0.2, -0.15) is 0 Å². The summed E-state index contributed by atoms with van der Waals surface area (Å²) >= 11 is 0. The first-order valence-corrected chi connectivity index (χ1v) is 9.48. The summed E-state index contributed by atoms with van der Waals surface area (Å²) in [6.07, 6.45) is 7.24. The van der Waals surface area contributed by atoms with Crippen LogP contribution in [0.5, 0.6) is 5.75 Å². The van der Waals surface area contributed by atoms with Gasteiger partial charge in [-0.05, 0) is 68.1 Å². The van der Waals surface area contributed by atoms with Gasteiger partial charge in [0, 0.05) is 12.1 Å². The van der Waals surface area contributed by atoms with Crippen LogP contribution in [0.4, 0.5) is 0 Å². The van der Waals surface area contributed by atoms with E-state index in [4.69, 9.17) is 4.74 Å². The average Bonchev–Trinajstić information content (AvgIpc) is 2.68. The van der Waals surface area contributed by atoms with Gasteiger partial charge in [-0.1, -0.05) is 48.9 Å². The third-order valence-corrected chi connectivity index (χ3v) is 4.42. The molecule has 0 bridgehead atoms. The second kappa shape index (κ2) is 10.4. The summed E-state index contributed by atoms with van der Waals surface area (Å²) in [7, 11) is 0.